The van der Waals surface area contributed by atoms with Crippen LogP contribution in [0.2, 0.25) is 0 Å². The van der Waals surface area contributed by atoms with Crippen LogP contribution in [0, 0.1) is 5.92 Å². The number of fused-ring (bicyclic) bond motifs is 1. The van der Waals surface area contributed by atoms with Crippen LogP contribution in [0.1, 0.15) is 49.4 Å². The van der Waals surface area contributed by atoms with Crippen LogP contribution in [-0.4, -0.2) is 18.5 Å². The molecule has 1 fully saturated rings. The topological polar surface area (TPSA) is 35.5 Å². The molecule has 3 nitrogen and oxygen atoms in total. The quantitative estimate of drug-likeness (QED) is 0.773. The van der Waals surface area contributed by atoms with Gasteiger partial charge < -0.3 is 9.47 Å². The number of benzene rings is 1. The number of Topliss-reactive ketones (excluding diaryl/α,β-unsaturated/α-hetero) is 1. The third kappa shape index (κ3) is 2.22. The number of rotatable bonds is 1. The Morgan fingerprint density at radius 2 is 2.05 bits per heavy atom. The molecule has 0 N–H and O–H groups in total. The molecule has 3 rings (SSSR count). The lowest BCUT2D eigenvalue weighted by Crippen LogP contribution is -2.44. The molecule has 102 valence electrons. The molecular formula is C16H20O3. The first-order valence-electron chi connectivity index (χ1n) is 7.02. The fraction of sp³-hybridized carbons (Fsp3) is 0.562. The fourth-order valence-corrected chi connectivity index (χ4v) is 3.17. The summed E-state index contributed by atoms with van der Waals surface area (Å²) < 4.78 is 11.4. The van der Waals surface area contributed by atoms with Gasteiger partial charge in [0.1, 0.15) is 17.1 Å². The van der Waals surface area contributed by atoms with Crippen molar-refractivity contribution in [3.05, 3.63) is 23.8 Å². The minimum Gasteiger partial charge on any atom is -0.497 e. The number of hydrogen-bond donors (Lipinski definition) is 0. The van der Waals surface area contributed by atoms with Crippen LogP contribution in [0.3, 0.4) is 0 Å². The summed E-state index contributed by atoms with van der Waals surface area (Å²) in [6, 6.07) is 5.47. The van der Waals surface area contributed by atoms with Gasteiger partial charge in [-0.1, -0.05) is 6.92 Å². The van der Waals surface area contributed by atoms with Gasteiger partial charge in [-0.3, -0.25) is 4.79 Å². The van der Waals surface area contributed by atoms with E-state index < -0.39 is 0 Å². The van der Waals surface area contributed by atoms with Crippen molar-refractivity contribution < 1.29 is 14.3 Å². The van der Waals surface area contributed by atoms with Crippen LogP contribution in [0.15, 0.2) is 18.2 Å². The molecule has 1 spiro atoms. The van der Waals surface area contributed by atoms with Crippen LogP contribution in [0.4, 0.5) is 0 Å². The molecule has 0 unspecified atom stereocenters. The summed E-state index contributed by atoms with van der Waals surface area (Å²) in [4.78, 5) is 12.3. The van der Waals surface area contributed by atoms with Gasteiger partial charge in [-0.05, 0) is 43.7 Å². The van der Waals surface area contributed by atoms with Gasteiger partial charge in [0.25, 0.3) is 0 Å². The number of methoxy groups -OCH3 is 1. The van der Waals surface area contributed by atoms with E-state index in [1.54, 1.807) is 7.11 Å². The second-order valence-corrected chi connectivity index (χ2v) is 5.93. The second kappa shape index (κ2) is 4.55. The fourth-order valence-electron chi connectivity index (χ4n) is 3.17. The normalized spacial score (nSPS) is 29.8. The Hall–Kier alpha value is -1.51. The average Bonchev–Trinajstić information content (AvgIpc) is 2.42. The van der Waals surface area contributed by atoms with Gasteiger partial charge in [-0.15, -0.1) is 0 Å². The molecule has 0 aromatic heterocycles. The maximum atomic E-state index is 12.3. The number of ketones is 1. The SMILES string of the molecule is COc1ccc2c(c1)OC1(CCC(C)CC1)CC2=O. The van der Waals surface area contributed by atoms with E-state index in [4.69, 9.17) is 9.47 Å². The summed E-state index contributed by atoms with van der Waals surface area (Å²) in [6.07, 6.45) is 4.78. The van der Waals surface area contributed by atoms with Gasteiger partial charge in [0, 0.05) is 6.07 Å². The van der Waals surface area contributed by atoms with Crippen molar-refractivity contribution in [2.75, 3.05) is 7.11 Å². The molecule has 2 aliphatic rings. The van der Waals surface area contributed by atoms with Gasteiger partial charge in [-0.25, -0.2) is 0 Å². The standard InChI is InChI=1S/C16H20O3/c1-11-5-7-16(8-6-11)10-14(17)13-4-3-12(18-2)9-15(13)19-16/h3-4,9,11H,5-8,10H2,1-2H3. The third-order valence-corrected chi connectivity index (χ3v) is 4.48. The number of carbonyl (C=O) groups is 1. The van der Waals surface area contributed by atoms with Gasteiger partial charge in [0.15, 0.2) is 5.78 Å². The Morgan fingerprint density at radius 3 is 2.74 bits per heavy atom. The zero-order chi connectivity index (χ0) is 13.5. The number of ether oxygens (including phenoxy) is 2. The average molecular weight is 260 g/mol. The van der Waals surface area contributed by atoms with E-state index in [9.17, 15) is 4.79 Å². The van der Waals surface area contributed by atoms with E-state index in [-0.39, 0.29) is 11.4 Å². The third-order valence-electron chi connectivity index (χ3n) is 4.48. The summed E-state index contributed by atoms with van der Waals surface area (Å²) in [5.74, 6) is 2.40. The van der Waals surface area contributed by atoms with Crippen molar-refractivity contribution in [1.29, 1.82) is 0 Å². The molecule has 19 heavy (non-hydrogen) atoms. The van der Waals surface area contributed by atoms with E-state index in [1.165, 1.54) is 0 Å². The van der Waals surface area contributed by atoms with Crippen molar-refractivity contribution in [2.24, 2.45) is 5.92 Å². The Morgan fingerprint density at radius 1 is 1.32 bits per heavy atom. The highest BCUT2D eigenvalue weighted by molar-refractivity contribution is 6.00. The Kier molecular flexibility index (Phi) is 3.00. The highest BCUT2D eigenvalue weighted by Crippen LogP contribution is 2.43. The van der Waals surface area contributed by atoms with Crippen LogP contribution < -0.4 is 9.47 Å². The monoisotopic (exact) mass is 260 g/mol. The second-order valence-electron chi connectivity index (χ2n) is 5.93. The largest absolute Gasteiger partial charge is 0.497 e. The summed E-state index contributed by atoms with van der Waals surface area (Å²) in [7, 11) is 1.63. The lowest BCUT2D eigenvalue weighted by molar-refractivity contribution is 0.00389. The molecule has 0 atom stereocenters. The molecule has 1 heterocycles. The zero-order valence-electron chi connectivity index (χ0n) is 11.6. The van der Waals surface area contributed by atoms with E-state index in [0.29, 0.717) is 17.7 Å². The maximum absolute atomic E-state index is 12.3. The van der Waals surface area contributed by atoms with Gasteiger partial charge in [0.2, 0.25) is 0 Å². The molecule has 1 saturated carbocycles. The Labute approximate surface area is 113 Å². The predicted molar refractivity (Wildman–Crippen MR) is 72.9 cm³/mol. The Bertz CT molecular complexity index is 499. The van der Waals surface area contributed by atoms with Gasteiger partial charge in [0.05, 0.1) is 19.1 Å². The zero-order valence-corrected chi connectivity index (χ0v) is 11.6. The molecule has 1 aliphatic heterocycles. The van der Waals surface area contributed by atoms with Crippen molar-refractivity contribution in [3.8, 4) is 11.5 Å². The summed E-state index contributed by atoms with van der Waals surface area (Å²) in [5, 5.41) is 0. The molecule has 0 saturated heterocycles. The molecule has 0 amide bonds. The molecule has 1 aromatic carbocycles. The first-order chi connectivity index (χ1) is 9.12. The van der Waals surface area contributed by atoms with Crippen molar-refractivity contribution in [3.63, 3.8) is 0 Å². The number of hydrogen-bond acceptors (Lipinski definition) is 3. The van der Waals surface area contributed by atoms with Crippen LogP contribution in [0.25, 0.3) is 0 Å². The summed E-state index contributed by atoms with van der Waals surface area (Å²) >= 11 is 0. The van der Waals surface area contributed by atoms with Gasteiger partial charge in [-0.2, -0.15) is 0 Å². The molecule has 1 aromatic rings. The van der Waals surface area contributed by atoms with Crippen LogP contribution in [-0.2, 0) is 0 Å². The molecular weight excluding hydrogens is 240 g/mol. The van der Waals surface area contributed by atoms with E-state index >= 15 is 0 Å². The van der Waals surface area contributed by atoms with E-state index in [0.717, 1.165) is 37.4 Å². The van der Waals surface area contributed by atoms with Crippen LogP contribution in [0.5, 0.6) is 11.5 Å². The Balaban J connectivity index is 1.92. The van der Waals surface area contributed by atoms with Crippen molar-refractivity contribution in [2.45, 2.75) is 44.6 Å². The lowest BCUT2D eigenvalue weighted by Gasteiger charge is -2.42. The maximum Gasteiger partial charge on any atom is 0.170 e. The molecule has 3 heteroatoms. The minimum absolute atomic E-state index is 0.207. The molecule has 0 radical (unpaired) electrons. The number of carbonyl (C=O) groups excluding carboxylic acids is 1. The molecule has 0 bridgehead atoms. The van der Waals surface area contributed by atoms with Crippen molar-refractivity contribution >= 4 is 5.78 Å². The predicted octanol–water partition coefficient (Wildman–Crippen LogP) is 3.61. The summed E-state index contributed by atoms with van der Waals surface area (Å²) in [6.45, 7) is 2.27. The molecule has 1 aliphatic carbocycles. The van der Waals surface area contributed by atoms with E-state index in [2.05, 4.69) is 6.92 Å². The van der Waals surface area contributed by atoms with Crippen LogP contribution >= 0.6 is 0 Å². The summed E-state index contributed by atoms with van der Waals surface area (Å²) in [5.41, 5.74) is 0.438. The highest BCUT2D eigenvalue weighted by atomic mass is 16.5. The van der Waals surface area contributed by atoms with Gasteiger partial charge >= 0.3 is 0 Å². The van der Waals surface area contributed by atoms with Crippen molar-refractivity contribution in [1.82, 2.24) is 0 Å². The smallest absolute Gasteiger partial charge is 0.170 e. The highest BCUT2D eigenvalue weighted by Gasteiger charge is 2.42. The van der Waals surface area contributed by atoms with E-state index in [1.807, 2.05) is 18.2 Å². The lowest BCUT2D eigenvalue weighted by atomic mass is 9.75. The first-order valence-corrected chi connectivity index (χ1v) is 7.02. The minimum atomic E-state index is -0.261. The first kappa shape index (κ1) is 12.5.